The van der Waals surface area contributed by atoms with E-state index in [-0.39, 0.29) is 14.0 Å². The molecule has 0 aliphatic carbocycles. The van der Waals surface area contributed by atoms with Crippen molar-refractivity contribution in [1.29, 1.82) is 0 Å². The molecule has 0 spiro atoms. The smallest absolute Gasteiger partial charge is 0.303 e. The zero-order chi connectivity index (χ0) is 12.3. The molecule has 4 nitrogen and oxygen atoms in total. The molecule has 0 radical (unpaired) electrons. The Morgan fingerprint density at radius 2 is 1.75 bits per heavy atom. The first-order valence-electron chi connectivity index (χ1n) is 6.15. The molecule has 0 bridgehead atoms. The van der Waals surface area contributed by atoms with Gasteiger partial charge in [-0.25, -0.2) is 4.57 Å². The molecule has 16 heavy (non-hydrogen) atoms. The topological polar surface area (TPSA) is 55.8 Å². The summed E-state index contributed by atoms with van der Waals surface area (Å²) in [6.45, 7) is 0.797. The minimum Gasteiger partial charge on any atom is -0.303 e. The molecule has 1 N–H and O–H groups in total. The fraction of sp³-hybridized carbons (Fsp3) is 1.00. The second-order valence-electron chi connectivity index (χ2n) is 3.46. The van der Waals surface area contributed by atoms with E-state index in [9.17, 15) is 4.57 Å². The summed E-state index contributed by atoms with van der Waals surface area (Å²) in [7, 11) is -2.60. The summed E-state index contributed by atoms with van der Waals surface area (Å²) in [6.07, 6.45) is 7.37. The Kier molecular flexibility index (Phi) is 11.7. The van der Waals surface area contributed by atoms with Crippen LogP contribution in [0.3, 0.4) is 0 Å². The van der Waals surface area contributed by atoms with Gasteiger partial charge in [0.2, 0.25) is 0 Å². The predicted molar refractivity (Wildman–Crippen MR) is 67.5 cm³/mol. The van der Waals surface area contributed by atoms with Crippen LogP contribution in [0.25, 0.3) is 0 Å². The van der Waals surface area contributed by atoms with Crippen molar-refractivity contribution in [2.24, 2.45) is 0 Å². The number of unbranched alkanes of at least 4 members (excludes halogenated alkanes) is 6. The first-order chi connectivity index (χ1) is 7.62. The Balaban J connectivity index is 0. The predicted octanol–water partition coefficient (Wildman–Crippen LogP) is 4.14. The van der Waals surface area contributed by atoms with Gasteiger partial charge in [-0.15, -0.1) is 0 Å². The maximum Gasteiger partial charge on any atom is 0.471 e. The molecule has 0 aliphatic rings. The van der Waals surface area contributed by atoms with E-state index in [1.54, 1.807) is 0 Å². The maximum absolute atomic E-state index is 10.9. The van der Waals surface area contributed by atoms with E-state index in [0.29, 0.717) is 6.90 Å². The van der Waals surface area contributed by atoms with Crippen molar-refractivity contribution < 1.29 is 19.9 Å². The van der Waals surface area contributed by atoms with Crippen LogP contribution in [0.1, 0.15) is 60.6 Å². The van der Waals surface area contributed by atoms with Crippen molar-refractivity contribution in [3.8, 4) is 0 Å². The fourth-order valence-corrected chi connectivity index (χ4v) is 1.68. The first-order valence-corrected chi connectivity index (χ1v) is 6.94. The minimum absolute atomic E-state index is 0. The van der Waals surface area contributed by atoms with Crippen LogP contribution in [0.4, 0.5) is 0 Å². The van der Waals surface area contributed by atoms with Crippen molar-refractivity contribution >= 4 is 7.82 Å². The molecule has 1 unspecified atom stereocenters. The summed E-state index contributed by atoms with van der Waals surface area (Å²) in [5, 5.41) is 0. The molecule has 5 heteroatoms. The van der Waals surface area contributed by atoms with Gasteiger partial charge in [0, 0.05) is 8.48 Å². The van der Waals surface area contributed by atoms with E-state index >= 15 is 0 Å². The SMILES string of the molecule is C.[3H]CCCCCCCCCOP(=O)(O)OC. The third kappa shape index (κ3) is 12.2. The summed E-state index contributed by atoms with van der Waals surface area (Å²) >= 11 is 0. The lowest BCUT2D eigenvalue weighted by Gasteiger charge is -2.08. The third-order valence-electron chi connectivity index (χ3n) is 2.13. The number of hydrogen-bond acceptors (Lipinski definition) is 3. The zero-order valence-corrected chi connectivity index (χ0v) is 10.4. The van der Waals surface area contributed by atoms with Gasteiger partial charge in [0.25, 0.3) is 0 Å². The molecule has 100 valence electrons. The van der Waals surface area contributed by atoms with Crippen LogP contribution in [0.15, 0.2) is 0 Å². The largest absolute Gasteiger partial charge is 0.471 e. The molecule has 0 aromatic carbocycles. The van der Waals surface area contributed by atoms with Crippen molar-refractivity contribution in [3.63, 3.8) is 0 Å². The summed E-state index contributed by atoms with van der Waals surface area (Å²) in [5.41, 5.74) is 0. The molecule has 0 aromatic rings. The van der Waals surface area contributed by atoms with Gasteiger partial charge in [-0.3, -0.25) is 9.05 Å². The Hall–Kier alpha value is 0.110. The zero-order valence-electron chi connectivity index (χ0n) is 10.5. The Morgan fingerprint density at radius 1 is 1.19 bits per heavy atom. The Morgan fingerprint density at radius 3 is 2.31 bits per heavy atom. The van der Waals surface area contributed by atoms with Gasteiger partial charge in [-0.05, 0) is 6.42 Å². The Bertz CT molecular complexity index is 202. The number of rotatable bonds is 10. The van der Waals surface area contributed by atoms with Crippen LogP contribution in [0.5, 0.6) is 0 Å². The van der Waals surface area contributed by atoms with Crippen molar-refractivity contribution in [1.82, 2.24) is 0 Å². The van der Waals surface area contributed by atoms with Crippen LogP contribution in [-0.4, -0.2) is 18.6 Å². The van der Waals surface area contributed by atoms with Gasteiger partial charge >= 0.3 is 7.82 Å². The number of hydrogen-bond donors (Lipinski definition) is 1. The van der Waals surface area contributed by atoms with Crippen molar-refractivity contribution in [2.75, 3.05) is 13.7 Å². The molecule has 0 heterocycles. The van der Waals surface area contributed by atoms with E-state index < -0.39 is 7.82 Å². The first kappa shape index (κ1) is 16.1. The minimum atomic E-state index is -3.76. The van der Waals surface area contributed by atoms with Gasteiger partial charge in [-0.2, -0.15) is 0 Å². The summed E-state index contributed by atoms with van der Waals surface area (Å²) in [5.74, 6) is 0. The van der Waals surface area contributed by atoms with E-state index in [2.05, 4.69) is 9.05 Å². The van der Waals surface area contributed by atoms with Gasteiger partial charge in [0.15, 0.2) is 0 Å². The molecule has 0 amide bonds. The fourth-order valence-electron chi connectivity index (χ4n) is 1.22. The highest BCUT2D eigenvalue weighted by Gasteiger charge is 2.16. The van der Waals surface area contributed by atoms with E-state index in [1.807, 2.05) is 0 Å². The highest BCUT2D eigenvalue weighted by Crippen LogP contribution is 2.41. The van der Waals surface area contributed by atoms with Crippen molar-refractivity contribution in [3.05, 3.63) is 0 Å². The lowest BCUT2D eigenvalue weighted by molar-refractivity contribution is 0.170. The second kappa shape index (κ2) is 11.6. The van der Waals surface area contributed by atoms with Gasteiger partial charge in [-0.1, -0.05) is 52.9 Å². The van der Waals surface area contributed by atoms with Crippen LogP contribution in [0, 0.1) is 0 Å². The summed E-state index contributed by atoms with van der Waals surface area (Å²) < 4.78 is 26.8. The van der Waals surface area contributed by atoms with Crippen LogP contribution >= 0.6 is 7.82 Å². The average molecular weight is 256 g/mol. The molecule has 0 aromatic heterocycles. The molecular formula is C11H27O4P. The van der Waals surface area contributed by atoms with E-state index in [0.717, 1.165) is 39.2 Å². The molecule has 0 fully saturated rings. The monoisotopic (exact) mass is 256 g/mol. The highest BCUT2D eigenvalue weighted by molar-refractivity contribution is 7.47. The lowest BCUT2D eigenvalue weighted by Crippen LogP contribution is -1.94. The highest BCUT2D eigenvalue weighted by atomic mass is 31.2. The quantitative estimate of drug-likeness (QED) is 0.471. The number of phosphoric ester groups is 1. The third-order valence-corrected chi connectivity index (χ3v) is 3.10. The van der Waals surface area contributed by atoms with Gasteiger partial charge < -0.3 is 4.89 Å². The second-order valence-corrected chi connectivity index (χ2v) is 5.02. The molecule has 0 rings (SSSR count). The standard InChI is InChI=1S/C10H23O4P.CH4/c1-3-4-5-6-7-8-9-10-14-15(11,12)13-2;/h3-10H2,1-2H3,(H,11,12);1H4/i1T;. The van der Waals surface area contributed by atoms with E-state index in [4.69, 9.17) is 6.26 Å². The maximum atomic E-state index is 10.9. The summed E-state index contributed by atoms with van der Waals surface area (Å²) in [6, 6.07) is 0. The Labute approximate surface area is 101 Å². The van der Waals surface area contributed by atoms with Crippen molar-refractivity contribution in [2.45, 2.75) is 59.3 Å². The molecule has 0 aliphatic heterocycles. The van der Waals surface area contributed by atoms with Gasteiger partial charge in [0.05, 0.1) is 6.61 Å². The number of phosphoric acid groups is 1. The normalized spacial score (nSPS) is 15.0. The molecule has 0 saturated heterocycles. The van der Waals surface area contributed by atoms with Crippen LogP contribution < -0.4 is 0 Å². The molecule has 0 saturated carbocycles. The average Bonchev–Trinajstić information content (AvgIpc) is 2.27. The van der Waals surface area contributed by atoms with Gasteiger partial charge in [0.1, 0.15) is 0 Å². The van der Waals surface area contributed by atoms with Crippen LogP contribution in [0.2, 0.25) is 0 Å². The molecular weight excluding hydrogens is 227 g/mol. The van der Waals surface area contributed by atoms with E-state index in [1.165, 1.54) is 12.8 Å². The molecule has 1 atom stereocenters. The lowest BCUT2D eigenvalue weighted by atomic mass is 10.1. The van der Waals surface area contributed by atoms with Crippen LogP contribution in [-0.2, 0) is 13.6 Å². The summed E-state index contributed by atoms with van der Waals surface area (Å²) in [4.78, 5) is 8.92.